The normalized spacial score (nSPS) is 32.9. The molecule has 0 spiro atoms. The standard InChI is InChI=1S/C7H9F3N2O2/c8-7(9,10)6(13)4-3-11-2-1-5(4)12-14-6/h11-13H,1-3H2. The SMILES string of the molecule is OC1(C(F)(F)F)ONC2=C1CNCC2. The molecule has 0 amide bonds. The molecule has 1 atom stereocenters. The molecule has 0 bridgehead atoms. The van der Waals surface area contributed by atoms with Gasteiger partial charge in [0.1, 0.15) is 0 Å². The highest BCUT2D eigenvalue weighted by Gasteiger charge is 2.62. The Hall–Kier alpha value is -0.790. The van der Waals surface area contributed by atoms with Gasteiger partial charge in [-0.15, -0.1) is 0 Å². The zero-order chi connectivity index (χ0) is 10.4. The Bertz CT molecular complexity index is 289. The molecule has 0 fully saturated rings. The molecule has 80 valence electrons. The molecular formula is C7H9F3N2O2. The summed E-state index contributed by atoms with van der Waals surface area (Å²) in [6, 6.07) is 0. The van der Waals surface area contributed by atoms with Gasteiger partial charge in [-0.25, -0.2) is 4.84 Å². The van der Waals surface area contributed by atoms with Gasteiger partial charge in [-0.3, -0.25) is 5.48 Å². The lowest BCUT2D eigenvalue weighted by Gasteiger charge is -2.27. The van der Waals surface area contributed by atoms with Gasteiger partial charge >= 0.3 is 12.0 Å². The topological polar surface area (TPSA) is 53.5 Å². The zero-order valence-corrected chi connectivity index (χ0v) is 7.11. The maximum absolute atomic E-state index is 12.4. The lowest BCUT2D eigenvalue weighted by Crippen LogP contribution is -2.50. The Labute approximate surface area is 77.7 Å². The van der Waals surface area contributed by atoms with Crippen molar-refractivity contribution in [2.45, 2.75) is 18.4 Å². The van der Waals surface area contributed by atoms with Crippen molar-refractivity contribution in [1.82, 2.24) is 10.8 Å². The van der Waals surface area contributed by atoms with E-state index in [2.05, 4.69) is 15.6 Å². The first kappa shape index (κ1) is 9.75. The van der Waals surface area contributed by atoms with Crippen LogP contribution in [0.3, 0.4) is 0 Å². The van der Waals surface area contributed by atoms with Gasteiger partial charge in [-0.2, -0.15) is 13.2 Å². The molecule has 0 radical (unpaired) electrons. The van der Waals surface area contributed by atoms with Crippen molar-refractivity contribution in [2.75, 3.05) is 13.1 Å². The molecule has 0 aliphatic carbocycles. The zero-order valence-electron chi connectivity index (χ0n) is 7.11. The maximum Gasteiger partial charge on any atom is 0.450 e. The smallest absolute Gasteiger partial charge is 0.353 e. The largest absolute Gasteiger partial charge is 0.450 e. The minimum absolute atomic E-state index is 0.0155. The molecule has 1 unspecified atom stereocenters. The van der Waals surface area contributed by atoms with E-state index in [9.17, 15) is 18.3 Å². The first-order chi connectivity index (χ1) is 6.45. The van der Waals surface area contributed by atoms with Crippen molar-refractivity contribution < 1.29 is 23.1 Å². The van der Waals surface area contributed by atoms with Crippen molar-refractivity contribution in [3.8, 4) is 0 Å². The fraction of sp³-hybridized carbons (Fsp3) is 0.714. The number of hydroxylamine groups is 1. The van der Waals surface area contributed by atoms with Crippen LogP contribution in [0.2, 0.25) is 0 Å². The Morgan fingerprint density at radius 3 is 2.79 bits per heavy atom. The number of hydrogen-bond donors (Lipinski definition) is 3. The van der Waals surface area contributed by atoms with E-state index in [1.54, 1.807) is 0 Å². The van der Waals surface area contributed by atoms with Crippen molar-refractivity contribution in [3.05, 3.63) is 11.3 Å². The van der Waals surface area contributed by atoms with Gasteiger partial charge in [0.05, 0.1) is 0 Å². The van der Waals surface area contributed by atoms with Crippen LogP contribution < -0.4 is 10.8 Å². The van der Waals surface area contributed by atoms with Crippen molar-refractivity contribution in [1.29, 1.82) is 0 Å². The molecule has 3 N–H and O–H groups in total. The van der Waals surface area contributed by atoms with Crippen LogP contribution in [0.5, 0.6) is 0 Å². The molecule has 0 aromatic heterocycles. The average molecular weight is 210 g/mol. The van der Waals surface area contributed by atoms with Crippen LogP contribution >= 0.6 is 0 Å². The van der Waals surface area contributed by atoms with Gasteiger partial charge < -0.3 is 10.4 Å². The van der Waals surface area contributed by atoms with Gasteiger partial charge in [0.15, 0.2) is 0 Å². The third-order valence-corrected chi connectivity index (χ3v) is 2.33. The predicted octanol–water partition coefficient (Wildman–Crippen LogP) is 0.0195. The van der Waals surface area contributed by atoms with Gasteiger partial charge in [0.2, 0.25) is 0 Å². The summed E-state index contributed by atoms with van der Waals surface area (Å²) in [6.45, 7) is 0.557. The second-order valence-electron chi connectivity index (χ2n) is 3.23. The van der Waals surface area contributed by atoms with Gasteiger partial charge in [-0.05, 0) is 0 Å². The fourth-order valence-electron chi connectivity index (χ4n) is 1.55. The molecule has 2 rings (SSSR count). The van der Waals surface area contributed by atoms with Crippen LogP contribution in [-0.4, -0.2) is 30.2 Å². The van der Waals surface area contributed by atoms with E-state index in [1.165, 1.54) is 0 Å². The molecular weight excluding hydrogens is 201 g/mol. The Morgan fingerprint density at radius 1 is 1.43 bits per heavy atom. The van der Waals surface area contributed by atoms with Crippen LogP contribution in [0.15, 0.2) is 11.3 Å². The average Bonchev–Trinajstić information content (AvgIpc) is 2.45. The fourth-order valence-corrected chi connectivity index (χ4v) is 1.55. The van der Waals surface area contributed by atoms with Gasteiger partial charge in [-0.1, -0.05) is 0 Å². The first-order valence-electron chi connectivity index (χ1n) is 4.11. The summed E-state index contributed by atoms with van der Waals surface area (Å²) in [6.07, 6.45) is -4.43. The summed E-state index contributed by atoms with van der Waals surface area (Å²) in [5.74, 6) is -3.17. The van der Waals surface area contributed by atoms with Gasteiger partial charge in [0, 0.05) is 30.8 Å². The molecule has 2 aliphatic rings. The summed E-state index contributed by atoms with van der Waals surface area (Å²) in [7, 11) is 0. The van der Waals surface area contributed by atoms with Crippen molar-refractivity contribution >= 4 is 0 Å². The Balaban J connectivity index is 2.35. The van der Waals surface area contributed by atoms with Crippen molar-refractivity contribution in [2.24, 2.45) is 0 Å². The monoisotopic (exact) mass is 210 g/mol. The third kappa shape index (κ3) is 1.20. The quantitative estimate of drug-likeness (QED) is 0.527. The molecule has 14 heavy (non-hydrogen) atoms. The summed E-state index contributed by atoms with van der Waals surface area (Å²) < 4.78 is 37.3. The lowest BCUT2D eigenvalue weighted by molar-refractivity contribution is -0.351. The van der Waals surface area contributed by atoms with Crippen molar-refractivity contribution in [3.63, 3.8) is 0 Å². The highest BCUT2D eigenvalue weighted by Crippen LogP contribution is 2.41. The van der Waals surface area contributed by atoms with Gasteiger partial charge in [0.25, 0.3) is 0 Å². The number of halogens is 3. The van der Waals surface area contributed by atoms with Crippen LogP contribution in [0.4, 0.5) is 13.2 Å². The molecule has 4 nitrogen and oxygen atoms in total. The minimum atomic E-state index is -4.82. The first-order valence-corrected chi connectivity index (χ1v) is 4.11. The number of aliphatic hydroxyl groups is 1. The summed E-state index contributed by atoms with van der Waals surface area (Å²) in [5, 5.41) is 12.1. The number of hydrogen-bond acceptors (Lipinski definition) is 4. The summed E-state index contributed by atoms with van der Waals surface area (Å²) >= 11 is 0. The third-order valence-electron chi connectivity index (χ3n) is 2.33. The van der Waals surface area contributed by atoms with Crippen LogP contribution in [0, 0.1) is 0 Å². The van der Waals surface area contributed by atoms with E-state index < -0.39 is 12.0 Å². The molecule has 7 heteroatoms. The maximum atomic E-state index is 12.4. The number of nitrogens with one attached hydrogen (secondary N) is 2. The predicted molar refractivity (Wildman–Crippen MR) is 39.7 cm³/mol. The molecule has 0 aromatic carbocycles. The molecule has 2 heterocycles. The lowest BCUT2D eigenvalue weighted by atomic mass is 10.0. The summed E-state index contributed by atoms with van der Waals surface area (Å²) in [5.41, 5.74) is 2.28. The van der Waals surface area contributed by atoms with E-state index in [1.807, 2.05) is 0 Å². The molecule has 0 aromatic rings. The van der Waals surface area contributed by atoms with Crippen LogP contribution in [0.25, 0.3) is 0 Å². The molecule has 0 saturated heterocycles. The highest BCUT2D eigenvalue weighted by atomic mass is 19.4. The van der Waals surface area contributed by atoms with E-state index in [0.29, 0.717) is 18.7 Å². The number of alkyl halides is 3. The van der Waals surface area contributed by atoms with E-state index in [0.717, 1.165) is 0 Å². The summed E-state index contributed by atoms with van der Waals surface area (Å²) in [4.78, 5) is 4.22. The highest BCUT2D eigenvalue weighted by molar-refractivity contribution is 5.28. The van der Waals surface area contributed by atoms with E-state index in [4.69, 9.17) is 0 Å². The Morgan fingerprint density at radius 2 is 2.14 bits per heavy atom. The Kier molecular flexibility index (Phi) is 1.98. The minimum Gasteiger partial charge on any atom is -0.353 e. The second kappa shape index (κ2) is 2.85. The molecule has 2 aliphatic heterocycles. The number of rotatable bonds is 0. The van der Waals surface area contributed by atoms with E-state index >= 15 is 0 Å². The molecule has 0 saturated carbocycles. The van der Waals surface area contributed by atoms with E-state index in [-0.39, 0.29) is 12.1 Å². The van der Waals surface area contributed by atoms with Crippen LogP contribution in [-0.2, 0) is 4.84 Å². The second-order valence-corrected chi connectivity index (χ2v) is 3.23. The van der Waals surface area contributed by atoms with Crippen LogP contribution in [0.1, 0.15) is 6.42 Å².